The quantitative estimate of drug-likeness (QED) is 0.479. The zero-order valence-corrected chi connectivity index (χ0v) is 20.5. The second-order valence-corrected chi connectivity index (χ2v) is 7.99. The minimum atomic E-state index is -0.263. The summed E-state index contributed by atoms with van der Waals surface area (Å²) in [7, 11) is 4.57. The molecule has 2 aromatic carbocycles. The summed E-state index contributed by atoms with van der Waals surface area (Å²) in [6.45, 7) is 5.80. The highest BCUT2D eigenvalue weighted by molar-refractivity contribution is 5.94. The Morgan fingerprint density at radius 2 is 1.74 bits per heavy atom. The Labute approximate surface area is 199 Å². The molecule has 0 spiro atoms. The van der Waals surface area contributed by atoms with Crippen molar-refractivity contribution in [1.82, 2.24) is 15.1 Å². The second-order valence-electron chi connectivity index (χ2n) is 7.99. The molecule has 0 aliphatic carbocycles. The first-order valence-electron chi connectivity index (χ1n) is 11.0. The van der Waals surface area contributed by atoms with Crippen LogP contribution in [0.4, 0.5) is 0 Å². The van der Waals surface area contributed by atoms with Crippen molar-refractivity contribution in [3.8, 4) is 17.2 Å². The van der Waals surface area contributed by atoms with E-state index in [2.05, 4.69) is 10.4 Å². The van der Waals surface area contributed by atoms with E-state index in [9.17, 15) is 9.59 Å². The molecule has 0 bridgehead atoms. The number of aromatic nitrogens is 2. The minimum Gasteiger partial charge on any atom is -0.497 e. The number of benzene rings is 2. The Morgan fingerprint density at radius 1 is 1.03 bits per heavy atom. The van der Waals surface area contributed by atoms with E-state index in [0.717, 1.165) is 28.2 Å². The molecule has 0 radical (unpaired) electrons. The van der Waals surface area contributed by atoms with Crippen molar-refractivity contribution < 1.29 is 23.8 Å². The SMILES string of the molecule is COC(=O)CCc1c(C)nn(-c2ccc(C(=O)NC(C)c3ccc(OC)cc3OC)cc2)c1C. The van der Waals surface area contributed by atoms with Crippen LogP contribution in [0, 0.1) is 13.8 Å². The number of rotatable bonds is 9. The number of amides is 1. The average Bonchev–Trinajstić information content (AvgIpc) is 3.14. The summed E-state index contributed by atoms with van der Waals surface area (Å²) < 4.78 is 17.3. The van der Waals surface area contributed by atoms with E-state index in [-0.39, 0.29) is 17.9 Å². The molecule has 0 fully saturated rings. The number of aryl methyl sites for hydroxylation is 1. The van der Waals surface area contributed by atoms with Crippen LogP contribution in [-0.4, -0.2) is 43.0 Å². The summed E-state index contributed by atoms with van der Waals surface area (Å²) in [5.41, 5.74) is 5.08. The molecule has 8 nitrogen and oxygen atoms in total. The molecule has 180 valence electrons. The number of esters is 1. The summed E-state index contributed by atoms with van der Waals surface area (Å²) in [6.07, 6.45) is 0.873. The highest BCUT2D eigenvalue weighted by Gasteiger charge is 2.17. The van der Waals surface area contributed by atoms with Gasteiger partial charge in [0.25, 0.3) is 5.91 Å². The molecule has 0 aliphatic heterocycles. The molecule has 1 aromatic heterocycles. The monoisotopic (exact) mass is 465 g/mol. The van der Waals surface area contributed by atoms with Crippen LogP contribution in [-0.2, 0) is 16.0 Å². The van der Waals surface area contributed by atoms with Gasteiger partial charge in [-0.1, -0.05) is 0 Å². The van der Waals surface area contributed by atoms with Gasteiger partial charge in [-0.25, -0.2) is 4.68 Å². The third-order valence-corrected chi connectivity index (χ3v) is 5.88. The lowest BCUT2D eigenvalue weighted by Gasteiger charge is -2.18. The van der Waals surface area contributed by atoms with Crippen LogP contribution in [0.2, 0.25) is 0 Å². The first-order chi connectivity index (χ1) is 16.3. The molecule has 1 amide bonds. The number of hydrogen-bond donors (Lipinski definition) is 1. The molecule has 1 unspecified atom stereocenters. The fourth-order valence-corrected chi connectivity index (χ4v) is 3.91. The van der Waals surface area contributed by atoms with Gasteiger partial charge < -0.3 is 19.5 Å². The molecule has 1 atom stereocenters. The topological polar surface area (TPSA) is 91.7 Å². The van der Waals surface area contributed by atoms with Gasteiger partial charge in [0.2, 0.25) is 0 Å². The highest BCUT2D eigenvalue weighted by atomic mass is 16.5. The highest BCUT2D eigenvalue weighted by Crippen LogP contribution is 2.29. The summed E-state index contributed by atoms with van der Waals surface area (Å²) in [5.74, 6) is 0.898. The van der Waals surface area contributed by atoms with E-state index in [1.54, 1.807) is 32.4 Å². The zero-order chi connectivity index (χ0) is 24.8. The Kier molecular flexibility index (Phi) is 7.94. The van der Waals surface area contributed by atoms with Crippen LogP contribution in [0.25, 0.3) is 5.69 Å². The first kappa shape index (κ1) is 24.8. The molecule has 3 rings (SSSR count). The molecule has 0 aliphatic rings. The van der Waals surface area contributed by atoms with Gasteiger partial charge in [0.05, 0.1) is 38.8 Å². The summed E-state index contributed by atoms with van der Waals surface area (Å²) in [6, 6.07) is 12.5. The van der Waals surface area contributed by atoms with Crippen LogP contribution >= 0.6 is 0 Å². The number of carbonyl (C=O) groups is 2. The van der Waals surface area contributed by atoms with Crippen molar-refractivity contribution in [1.29, 1.82) is 0 Å². The van der Waals surface area contributed by atoms with E-state index in [1.165, 1.54) is 7.11 Å². The van der Waals surface area contributed by atoms with Crippen molar-refractivity contribution in [3.63, 3.8) is 0 Å². The van der Waals surface area contributed by atoms with Gasteiger partial charge in [0.1, 0.15) is 11.5 Å². The molecule has 8 heteroatoms. The molecular weight excluding hydrogens is 434 g/mol. The van der Waals surface area contributed by atoms with Crippen molar-refractivity contribution >= 4 is 11.9 Å². The van der Waals surface area contributed by atoms with Crippen molar-refractivity contribution in [2.45, 2.75) is 39.7 Å². The standard InChI is InChI=1S/C26H31N3O5/c1-16(23-12-11-21(32-4)15-24(23)33-5)27-26(31)19-7-9-20(10-8-19)29-18(3)22(17(2)28-29)13-14-25(30)34-6/h7-12,15-16H,13-14H2,1-6H3,(H,27,31). The van der Waals surface area contributed by atoms with Gasteiger partial charge in [-0.05, 0) is 69.2 Å². The number of carbonyl (C=O) groups excluding carboxylic acids is 2. The largest absolute Gasteiger partial charge is 0.497 e. The predicted molar refractivity (Wildman–Crippen MR) is 129 cm³/mol. The summed E-state index contributed by atoms with van der Waals surface area (Å²) in [5, 5.41) is 7.64. The molecule has 34 heavy (non-hydrogen) atoms. The Balaban J connectivity index is 1.73. The Hall–Kier alpha value is -3.81. The number of nitrogens with one attached hydrogen (secondary N) is 1. The first-order valence-corrected chi connectivity index (χ1v) is 11.0. The van der Waals surface area contributed by atoms with Crippen LogP contribution in [0.3, 0.4) is 0 Å². The van der Waals surface area contributed by atoms with Crippen LogP contribution in [0.15, 0.2) is 42.5 Å². The van der Waals surface area contributed by atoms with Crippen LogP contribution < -0.4 is 14.8 Å². The Bertz CT molecular complexity index is 1170. The third kappa shape index (κ3) is 5.39. The van der Waals surface area contributed by atoms with Gasteiger partial charge in [0.15, 0.2) is 0 Å². The summed E-state index contributed by atoms with van der Waals surface area (Å²) in [4.78, 5) is 24.4. The normalized spacial score (nSPS) is 11.6. The van der Waals surface area contributed by atoms with E-state index in [4.69, 9.17) is 14.2 Å². The van der Waals surface area contributed by atoms with Gasteiger partial charge in [-0.2, -0.15) is 5.10 Å². The zero-order valence-electron chi connectivity index (χ0n) is 20.5. The molecule has 0 saturated heterocycles. The maximum atomic E-state index is 12.9. The average molecular weight is 466 g/mol. The number of methoxy groups -OCH3 is 3. The Morgan fingerprint density at radius 3 is 2.35 bits per heavy atom. The molecule has 3 aromatic rings. The maximum Gasteiger partial charge on any atom is 0.305 e. The van der Waals surface area contributed by atoms with Gasteiger partial charge in [0, 0.05) is 29.3 Å². The minimum absolute atomic E-state index is 0.191. The number of ether oxygens (including phenoxy) is 3. The van der Waals surface area contributed by atoms with E-state index < -0.39 is 0 Å². The fraction of sp³-hybridized carbons (Fsp3) is 0.346. The molecule has 1 heterocycles. The molecule has 1 N–H and O–H groups in total. The smallest absolute Gasteiger partial charge is 0.305 e. The third-order valence-electron chi connectivity index (χ3n) is 5.88. The number of hydrogen-bond acceptors (Lipinski definition) is 6. The lowest BCUT2D eigenvalue weighted by Crippen LogP contribution is -2.27. The summed E-state index contributed by atoms with van der Waals surface area (Å²) >= 11 is 0. The van der Waals surface area contributed by atoms with Crippen molar-refractivity contribution in [2.75, 3.05) is 21.3 Å². The van der Waals surface area contributed by atoms with Gasteiger partial charge in [-0.15, -0.1) is 0 Å². The lowest BCUT2D eigenvalue weighted by atomic mass is 10.1. The van der Waals surface area contributed by atoms with Crippen LogP contribution in [0.5, 0.6) is 11.5 Å². The van der Waals surface area contributed by atoms with Gasteiger partial charge >= 0.3 is 5.97 Å². The van der Waals surface area contributed by atoms with E-state index in [1.807, 2.05) is 49.7 Å². The molecular formula is C26H31N3O5. The lowest BCUT2D eigenvalue weighted by molar-refractivity contribution is -0.140. The second kappa shape index (κ2) is 10.9. The molecule has 0 saturated carbocycles. The van der Waals surface area contributed by atoms with E-state index >= 15 is 0 Å². The predicted octanol–water partition coefficient (Wildman–Crippen LogP) is 4.10. The van der Waals surface area contributed by atoms with Gasteiger partial charge in [-0.3, -0.25) is 9.59 Å². The van der Waals surface area contributed by atoms with Crippen molar-refractivity contribution in [3.05, 3.63) is 70.5 Å². The fourth-order valence-electron chi connectivity index (χ4n) is 3.91. The van der Waals surface area contributed by atoms with E-state index in [0.29, 0.717) is 29.9 Å². The maximum absolute atomic E-state index is 12.9. The number of nitrogens with zero attached hydrogens (tertiary/aromatic N) is 2. The van der Waals surface area contributed by atoms with Crippen LogP contribution in [0.1, 0.15) is 52.3 Å². The van der Waals surface area contributed by atoms with Crippen molar-refractivity contribution in [2.24, 2.45) is 0 Å².